The highest BCUT2D eigenvalue weighted by Gasteiger charge is 2.19. The molecular weight excluding hydrogens is 467 g/mol. The van der Waals surface area contributed by atoms with Crippen LogP contribution in [0, 0.1) is 5.82 Å². The molecule has 0 aliphatic rings. The van der Waals surface area contributed by atoms with E-state index in [0.29, 0.717) is 38.1 Å². The van der Waals surface area contributed by atoms with E-state index < -0.39 is 11.7 Å². The third kappa shape index (κ3) is 3.28. The standard InChI is InChI=1S/C27H16ClFN4O2/c28-19-5-2-6-20(29)22(19)26-32-23-16-8-7-14(13-3-1-4-15(11-13)25(30)34)12-18(16)21-17(24(23)33-26)9-10-31-27(21)35/h1-12H,(H2,30,34)(H,31,35)(H,32,33). The fourth-order valence-electron chi connectivity index (χ4n) is 4.55. The Morgan fingerprint density at radius 3 is 2.54 bits per heavy atom. The lowest BCUT2D eigenvalue weighted by atomic mass is 9.96. The number of imidazole rings is 1. The second-order valence-corrected chi connectivity index (χ2v) is 8.61. The SMILES string of the molecule is NC(=O)c1cccc(-c2ccc3c(c2)c2c(=O)[nH]ccc2c2[nH]c(-c4c(F)cccc4Cl)nc32)c1. The number of carbonyl (C=O) groups excluding carboxylic acids is 1. The Kier molecular flexibility index (Phi) is 4.69. The van der Waals surface area contributed by atoms with Gasteiger partial charge in [0.05, 0.1) is 27.0 Å². The predicted octanol–water partition coefficient (Wildman–Crippen LogP) is 5.78. The molecule has 0 saturated heterocycles. The Bertz CT molecular complexity index is 1870. The zero-order chi connectivity index (χ0) is 24.3. The monoisotopic (exact) mass is 482 g/mol. The van der Waals surface area contributed by atoms with Crippen LogP contribution in [0.15, 0.2) is 77.7 Å². The number of aromatic nitrogens is 3. The molecule has 6 aromatic rings. The Labute approximate surface area is 202 Å². The van der Waals surface area contributed by atoms with Gasteiger partial charge in [0.15, 0.2) is 0 Å². The molecule has 0 spiro atoms. The second-order valence-electron chi connectivity index (χ2n) is 8.21. The number of primary amides is 1. The van der Waals surface area contributed by atoms with Gasteiger partial charge >= 0.3 is 0 Å². The van der Waals surface area contributed by atoms with Gasteiger partial charge < -0.3 is 15.7 Å². The van der Waals surface area contributed by atoms with Gasteiger partial charge in [-0.15, -0.1) is 0 Å². The third-order valence-electron chi connectivity index (χ3n) is 6.16. The molecule has 0 radical (unpaired) electrons. The van der Waals surface area contributed by atoms with Crippen molar-refractivity contribution >= 4 is 50.1 Å². The maximum absolute atomic E-state index is 14.7. The predicted molar refractivity (Wildman–Crippen MR) is 136 cm³/mol. The largest absolute Gasteiger partial charge is 0.366 e. The van der Waals surface area contributed by atoms with Crippen LogP contribution in [0.2, 0.25) is 5.02 Å². The number of aromatic amines is 2. The normalized spacial score (nSPS) is 11.5. The highest BCUT2D eigenvalue weighted by Crippen LogP contribution is 2.37. The van der Waals surface area contributed by atoms with Gasteiger partial charge in [0.1, 0.15) is 11.6 Å². The van der Waals surface area contributed by atoms with Gasteiger partial charge in [-0.3, -0.25) is 9.59 Å². The smallest absolute Gasteiger partial charge is 0.256 e. The number of fused-ring (bicyclic) bond motifs is 6. The van der Waals surface area contributed by atoms with E-state index in [1.807, 2.05) is 24.3 Å². The molecule has 8 heteroatoms. The van der Waals surface area contributed by atoms with Gasteiger partial charge in [0.2, 0.25) is 5.91 Å². The Morgan fingerprint density at radius 1 is 0.943 bits per heavy atom. The van der Waals surface area contributed by atoms with Gasteiger partial charge in [-0.25, -0.2) is 9.37 Å². The van der Waals surface area contributed by atoms with Crippen LogP contribution in [0.3, 0.4) is 0 Å². The molecule has 1 amide bonds. The Morgan fingerprint density at radius 2 is 1.74 bits per heavy atom. The number of amides is 1. The lowest BCUT2D eigenvalue weighted by molar-refractivity contribution is 0.100. The molecule has 0 aliphatic heterocycles. The third-order valence-corrected chi connectivity index (χ3v) is 6.47. The number of pyridine rings is 1. The van der Waals surface area contributed by atoms with Crippen LogP contribution in [-0.4, -0.2) is 20.9 Å². The molecule has 170 valence electrons. The summed E-state index contributed by atoms with van der Waals surface area (Å²) >= 11 is 6.29. The van der Waals surface area contributed by atoms with E-state index >= 15 is 0 Å². The molecule has 0 unspecified atom stereocenters. The van der Waals surface area contributed by atoms with E-state index in [2.05, 4.69) is 9.97 Å². The van der Waals surface area contributed by atoms with Crippen molar-refractivity contribution in [3.05, 3.63) is 99.7 Å². The number of halogens is 2. The lowest BCUT2D eigenvalue weighted by Crippen LogP contribution is -2.10. The molecule has 0 bridgehead atoms. The van der Waals surface area contributed by atoms with Gasteiger partial charge in [-0.1, -0.05) is 41.9 Å². The van der Waals surface area contributed by atoms with Crippen LogP contribution in [0.4, 0.5) is 4.39 Å². The number of nitrogens with two attached hydrogens (primary N) is 1. The first-order valence-electron chi connectivity index (χ1n) is 10.7. The van der Waals surface area contributed by atoms with Crippen molar-refractivity contribution < 1.29 is 9.18 Å². The highest BCUT2D eigenvalue weighted by atomic mass is 35.5. The summed E-state index contributed by atoms with van der Waals surface area (Å²) in [7, 11) is 0. The number of nitrogens with zero attached hydrogens (tertiary/aromatic N) is 1. The summed E-state index contributed by atoms with van der Waals surface area (Å²) in [6.45, 7) is 0. The molecule has 2 heterocycles. The first-order valence-corrected chi connectivity index (χ1v) is 11.1. The van der Waals surface area contributed by atoms with E-state index in [0.717, 1.165) is 11.1 Å². The first-order chi connectivity index (χ1) is 16.9. The van der Waals surface area contributed by atoms with Crippen molar-refractivity contribution in [1.82, 2.24) is 15.0 Å². The van der Waals surface area contributed by atoms with Crippen LogP contribution >= 0.6 is 11.6 Å². The Balaban J connectivity index is 1.70. The van der Waals surface area contributed by atoms with Crippen molar-refractivity contribution in [3.8, 4) is 22.5 Å². The van der Waals surface area contributed by atoms with E-state index in [1.165, 1.54) is 12.1 Å². The average Bonchev–Trinajstić information content (AvgIpc) is 3.29. The van der Waals surface area contributed by atoms with Gasteiger partial charge in [0.25, 0.3) is 5.56 Å². The number of H-pyrrole nitrogens is 2. The number of hydrogen-bond acceptors (Lipinski definition) is 3. The highest BCUT2D eigenvalue weighted by molar-refractivity contribution is 6.33. The Hall–Kier alpha value is -4.49. The van der Waals surface area contributed by atoms with E-state index in [1.54, 1.807) is 36.5 Å². The van der Waals surface area contributed by atoms with Crippen molar-refractivity contribution in [2.45, 2.75) is 0 Å². The number of benzene rings is 4. The quantitative estimate of drug-likeness (QED) is 0.278. The van der Waals surface area contributed by atoms with Crippen molar-refractivity contribution in [1.29, 1.82) is 0 Å². The minimum atomic E-state index is -0.521. The van der Waals surface area contributed by atoms with Gasteiger partial charge in [-0.2, -0.15) is 0 Å². The number of carbonyl (C=O) groups is 1. The van der Waals surface area contributed by atoms with E-state index in [4.69, 9.17) is 22.3 Å². The molecule has 6 rings (SSSR count). The summed E-state index contributed by atoms with van der Waals surface area (Å²) < 4.78 is 14.7. The molecule has 0 aliphatic carbocycles. The molecule has 4 aromatic carbocycles. The fourth-order valence-corrected chi connectivity index (χ4v) is 4.80. The number of rotatable bonds is 3. The topological polar surface area (TPSA) is 105 Å². The summed E-state index contributed by atoms with van der Waals surface area (Å²) in [4.78, 5) is 35.3. The van der Waals surface area contributed by atoms with Crippen molar-refractivity contribution in [2.75, 3.05) is 0 Å². The molecule has 0 atom stereocenters. The maximum Gasteiger partial charge on any atom is 0.256 e. The summed E-state index contributed by atoms with van der Waals surface area (Å²) in [5.41, 5.74) is 8.51. The van der Waals surface area contributed by atoms with Gasteiger partial charge in [0, 0.05) is 22.5 Å². The summed E-state index contributed by atoms with van der Waals surface area (Å²) in [6, 6.07) is 18.8. The minimum absolute atomic E-state index is 0.163. The summed E-state index contributed by atoms with van der Waals surface area (Å²) in [6.07, 6.45) is 1.56. The lowest BCUT2D eigenvalue weighted by Gasteiger charge is -2.09. The maximum atomic E-state index is 14.7. The molecule has 0 fully saturated rings. The van der Waals surface area contributed by atoms with Crippen molar-refractivity contribution in [2.24, 2.45) is 5.73 Å². The number of nitrogens with one attached hydrogen (secondary N) is 2. The minimum Gasteiger partial charge on any atom is -0.366 e. The molecular formula is C27H16ClFN4O2. The summed E-state index contributed by atoms with van der Waals surface area (Å²) in [5, 5.41) is 2.73. The van der Waals surface area contributed by atoms with Crippen LogP contribution in [-0.2, 0) is 0 Å². The fraction of sp³-hybridized carbons (Fsp3) is 0. The van der Waals surface area contributed by atoms with E-state index in [9.17, 15) is 14.0 Å². The molecule has 35 heavy (non-hydrogen) atoms. The summed E-state index contributed by atoms with van der Waals surface area (Å²) in [5.74, 6) is -0.748. The zero-order valence-corrected chi connectivity index (χ0v) is 18.8. The van der Waals surface area contributed by atoms with Crippen LogP contribution < -0.4 is 11.3 Å². The van der Waals surface area contributed by atoms with Crippen molar-refractivity contribution in [3.63, 3.8) is 0 Å². The van der Waals surface area contributed by atoms with Crippen LogP contribution in [0.5, 0.6) is 0 Å². The molecule has 6 nitrogen and oxygen atoms in total. The second kappa shape index (κ2) is 7.78. The zero-order valence-electron chi connectivity index (χ0n) is 18.0. The molecule has 2 aromatic heterocycles. The first kappa shape index (κ1) is 21.1. The molecule has 4 N–H and O–H groups in total. The van der Waals surface area contributed by atoms with E-state index in [-0.39, 0.29) is 22.0 Å². The number of hydrogen-bond donors (Lipinski definition) is 3. The molecule has 0 saturated carbocycles. The van der Waals surface area contributed by atoms with Crippen LogP contribution in [0.1, 0.15) is 10.4 Å². The average molecular weight is 483 g/mol. The van der Waals surface area contributed by atoms with Crippen LogP contribution in [0.25, 0.3) is 55.1 Å². The van der Waals surface area contributed by atoms with Gasteiger partial charge in [-0.05, 0) is 52.9 Å².